The zero-order valence-electron chi connectivity index (χ0n) is 21.1. The highest BCUT2D eigenvalue weighted by atomic mass is 16.5. The van der Waals surface area contributed by atoms with Crippen LogP contribution in [0.25, 0.3) is 11.4 Å². The minimum Gasteiger partial charge on any atom is -0.505 e. The highest BCUT2D eigenvalue weighted by Gasteiger charge is 2.46. The molecule has 0 bridgehead atoms. The minimum atomic E-state index is -0.811. The van der Waals surface area contributed by atoms with Crippen LogP contribution in [0.15, 0.2) is 48.2 Å². The molecule has 2 fully saturated rings. The summed E-state index contributed by atoms with van der Waals surface area (Å²) in [5, 5.41) is 11.6. The molecule has 0 aliphatic carbocycles. The van der Waals surface area contributed by atoms with Crippen molar-refractivity contribution in [2.45, 2.75) is 13.0 Å². The molecule has 5 rings (SSSR count). The number of carbonyl (C=O) groups excluding carboxylic acids is 2. The molecule has 10 heteroatoms. The van der Waals surface area contributed by atoms with Crippen LogP contribution in [0.1, 0.15) is 23.0 Å². The van der Waals surface area contributed by atoms with Crippen LogP contribution in [0.2, 0.25) is 0 Å². The van der Waals surface area contributed by atoms with E-state index >= 15 is 0 Å². The van der Waals surface area contributed by atoms with Crippen molar-refractivity contribution in [3.63, 3.8) is 0 Å². The number of aryl methyl sites for hydroxylation is 1. The van der Waals surface area contributed by atoms with Crippen LogP contribution < -0.4 is 9.47 Å². The van der Waals surface area contributed by atoms with Gasteiger partial charge in [0.2, 0.25) is 0 Å². The number of hydrogen-bond donors (Lipinski definition) is 1. The number of aliphatic hydroxyl groups excluding tert-OH is 1. The van der Waals surface area contributed by atoms with Crippen molar-refractivity contribution in [2.24, 2.45) is 0 Å². The maximum atomic E-state index is 13.5. The third-order valence-corrected chi connectivity index (χ3v) is 6.95. The van der Waals surface area contributed by atoms with Crippen LogP contribution in [0, 0.1) is 6.92 Å². The smallest absolute Gasteiger partial charge is 0.295 e. The number of morpholine rings is 1. The fourth-order valence-corrected chi connectivity index (χ4v) is 5.08. The van der Waals surface area contributed by atoms with Crippen molar-refractivity contribution in [3.05, 3.63) is 65.1 Å². The Morgan fingerprint density at radius 3 is 2.57 bits per heavy atom. The Hall–Kier alpha value is -3.89. The van der Waals surface area contributed by atoms with Gasteiger partial charge in [0.1, 0.15) is 11.3 Å². The van der Waals surface area contributed by atoms with Crippen LogP contribution in [0.3, 0.4) is 0 Å². The normalized spacial score (nSPS) is 20.1. The van der Waals surface area contributed by atoms with Crippen LogP contribution in [-0.2, 0) is 14.3 Å². The van der Waals surface area contributed by atoms with Gasteiger partial charge >= 0.3 is 0 Å². The molecule has 1 N–H and O–H groups in total. The number of ether oxygens (including phenoxy) is 3. The first kappa shape index (κ1) is 24.8. The van der Waals surface area contributed by atoms with E-state index in [1.807, 2.05) is 18.2 Å². The Labute approximate surface area is 214 Å². The van der Waals surface area contributed by atoms with Gasteiger partial charge < -0.3 is 24.2 Å². The molecular weight excluding hydrogens is 476 g/mol. The second kappa shape index (κ2) is 10.2. The summed E-state index contributed by atoms with van der Waals surface area (Å²) in [6.07, 6.45) is 1.77. The molecule has 1 atom stereocenters. The molecule has 2 aliphatic rings. The summed E-state index contributed by atoms with van der Waals surface area (Å²) in [5.41, 5.74) is 2.21. The number of pyridine rings is 1. The maximum Gasteiger partial charge on any atom is 0.295 e. The van der Waals surface area contributed by atoms with Gasteiger partial charge in [0.15, 0.2) is 17.3 Å². The summed E-state index contributed by atoms with van der Waals surface area (Å²) in [7, 11) is 3.07. The molecule has 3 aromatic rings. The fourth-order valence-electron chi connectivity index (χ4n) is 5.08. The summed E-state index contributed by atoms with van der Waals surface area (Å²) >= 11 is 0. The molecular formula is C27H30N4O6. The Balaban J connectivity index is 1.64. The summed E-state index contributed by atoms with van der Waals surface area (Å²) < 4.78 is 18.0. The minimum absolute atomic E-state index is 0.0213. The van der Waals surface area contributed by atoms with E-state index in [9.17, 15) is 14.7 Å². The van der Waals surface area contributed by atoms with E-state index in [2.05, 4.69) is 9.88 Å². The molecule has 10 nitrogen and oxygen atoms in total. The fraction of sp³-hybridized carbons (Fsp3) is 0.370. The second-order valence-corrected chi connectivity index (χ2v) is 9.04. The van der Waals surface area contributed by atoms with Crippen LogP contribution in [0.5, 0.6) is 11.5 Å². The van der Waals surface area contributed by atoms with Gasteiger partial charge in [-0.25, -0.2) is 4.98 Å². The predicted molar refractivity (Wildman–Crippen MR) is 136 cm³/mol. The summed E-state index contributed by atoms with van der Waals surface area (Å²) in [5.74, 6) is -0.660. The van der Waals surface area contributed by atoms with Gasteiger partial charge in [-0.2, -0.15) is 0 Å². The molecule has 0 unspecified atom stereocenters. The van der Waals surface area contributed by atoms with Crippen LogP contribution in [-0.4, -0.2) is 89.6 Å². The zero-order valence-corrected chi connectivity index (χ0v) is 21.1. The SMILES string of the molecule is COc1ccc([C@H]2C(=C(O)c3c(C)nc4ccccn34)C(=O)C(=O)N2CCN2CCOCC2)cc1OC. The third-order valence-electron chi connectivity index (χ3n) is 6.95. The van der Waals surface area contributed by atoms with Gasteiger partial charge in [-0.05, 0) is 36.8 Å². The lowest BCUT2D eigenvalue weighted by Crippen LogP contribution is -2.42. The first-order valence-corrected chi connectivity index (χ1v) is 12.2. The molecule has 2 aliphatic heterocycles. The van der Waals surface area contributed by atoms with Gasteiger partial charge in [-0.15, -0.1) is 0 Å². The number of ketones is 1. The van der Waals surface area contributed by atoms with E-state index in [0.717, 1.165) is 13.1 Å². The maximum absolute atomic E-state index is 13.5. The zero-order chi connectivity index (χ0) is 26.1. The monoisotopic (exact) mass is 506 g/mol. The Kier molecular flexibility index (Phi) is 6.86. The number of likely N-dealkylation sites (tertiary alicyclic amines) is 1. The Morgan fingerprint density at radius 1 is 1.08 bits per heavy atom. The van der Waals surface area contributed by atoms with Crippen LogP contribution in [0.4, 0.5) is 0 Å². The average molecular weight is 507 g/mol. The number of fused-ring (bicyclic) bond motifs is 1. The summed E-state index contributed by atoms with van der Waals surface area (Å²) in [6.45, 7) is 5.43. The number of aromatic nitrogens is 2. The number of aliphatic hydroxyl groups is 1. The molecule has 194 valence electrons. The quantitative estimate of drug-likeness (QED) is 0.296. The topological polar surface area (TPSA) is 106 Å². The van der Waals surface area contributed by atoms with Crippen molar-refractivity contribution < 1.29 is 28.9 Å². The molecule has 1 amide bonds. The van der Waals surface area contributed by atoms with Gasteiger partial charge in [-0.3, -0.25) is 18.9 Å². The largest absolute Gasteiger partial charge is 0.505 e. The lowest BCUT2D eigenvalue weighted by atomic mass is 9.96. The van der Waals surface area contributed by atoms with Gasteiger partial charge in [0.25, 0.3) is 11.7 Å². The number of benzene rings is 1. The standard InChI is InChI=1S/C27H30N4O6/c1-17-23(30-9-5-4-6-21(30)28-17)25(32)22-24(18-7-8-19(35-2)20(16-18)36-3)31(27(34)26(22)33)11-10-29-12-14-37-15-13-29/h4-9,16,24,32H,10-15H2,1-3H3/t24-/m0/s1. The summed E-state index contributed by atoms with van der Waals surface area (Å²) in [4.78, 5) is 35.1. The Bertz CT molecular complexity index is 1370. The molecule has 0 spiro atoms. The number of rotatable bonds is 7. The average Bonchev–Trinajstić information content (AvgIpc) is 3.39. The van der Waals surface area contributed by atoms with E-state index in [4.69, 9.17) is 14.2 Å². The number of nitrogens with zero attached hydrogens (tertiary/aromatic N) is 4. The van der Waals surface area contributed by atoms with Gasteiger partial charge in [0, 0.05) is 32.4 Å². The first-order chi connectivity index (χ1) is 17.9. The van der Waals surface area contributed by atoms with E-state index in [1.165, 1.54) is 12.0 Å². The van der Waals surface area contributed by atoms with Crippen molar-refractivity contribution in [1.82, 2.24) is 19.2 Å². The number of amides is 1. The van der Waals surface area contributed by atoms with Crippen LogP contribution >= 0.6 is 0 Å². The molecule has 2 saturated heterocycles. The molecule has 4 heterocycles. The van der Waals surface area contributed by atoms with Crippen molar-refractivity contribution in [1.29, 1.82) is 0 Å². The number of carbonyl (C=O) groups is 2. The van der Waals surface area contributed by atoms with Crippen molar-refractivity contribution >= 4 is 23.1 Å². The number of hydrogen-bond acceptors (Lipinski definition) is 8. The second-order valence-electron chi connectivity index (χ2n) is 9.04. The number of imidazole rings is 1. The Morgan fingerprint density at radius 2 is 1.84 bits per heavy atom. The molecule has 2 aromatic heterocycles. The summed E-state index contributed by atoms with van der Waals surface area (Å²) in [6, 6.07) is 9.93. The molecule has 0 radical (unpaired) electrons. The first-order valence-electron chi connectivity index (χ1n) is 12.2. The molecule has 1 aromatic carbocycles. The van der Waals surface area contributed by atoms with Gasteiger partial charge in [0.05, 0.1) is 44.7 Å². The van der Waals surface area contributed by atoms with Crippen molar-refractivity contribution in [3.8, 4) is 11.5 Å². The van der Waals surface area contributed by atoms with E-state index in [-0.39, 0.29) is 11.3 Å². The number of methoxy groups -OCH3 is 2. The lowest BCUT2D eigenvalue weighted by molar-refractivity contribution is -0.140. The molecule has 37 heavy (non-hydrogen) atoms. The van der Waals surface area contributed by atoms with E-state index in [0.29, 0.717) is 60.4 Å². The predicted octanol–water partition coefficient (Wildman–Crippen LogP) is 2.41. The number of Topliss-reactive ketones (excluding diaryl/α,β-unsaturated/α-hetero) is 1. The van der Waals surface area contributed by atoms with E-state index in [1.54, 1.807) is 42.8 Å². The van der Waals surface area contributed by atoms with Crippen molar-refractivity contribution in [2.75, 3.05) is 53.6 Å². The highest BCUT2D eigenvalue weighted by molar-refractivity contribution is 6.46. The lowest BCUT2D eigenvalue weighted by Gasteiger charge is -2.31. The third kappa shape index (κ3) is 4.42. The van der Waals surface area contributed by atoms with E-state index < -0.39 is 17.7 Å². The molecule has 0 saturated carbocycles. The van der Waals surface area contributed by atoms with Gasteiger partial charge in [-0.1, -0.05) is 12.1 Å². The highest BCUT2D eigenvalue weighted by Crippen LogP contribution is 2.42.